The van der Waals surface area contributed by atoms with E-state index in [1.807, 2.05) is 36.4 Å². The molecule has 1 aliphatic rings. The Kier molecular flexibility index (Phi) is 4.04. The molecule has 1 aromatic carbocycles. The maximum Gasteiger partial charge on any atom is 0.230 e. The Bertz CT molecular complexity index is 431. The fourth-order valence-corrected chi connectivity index (χ4v) is 1.89. The van der Waals surface area contributed by atoms with Gasteiger partial charge in [-0.05, 0) is 12.1 Å². The Balaban J connectivity index is 2.27. The van der Waals surface area contributed by atoms with Gasteiger partial charge in [0.05, 0.1) is 18.7 Å². The van der Waals surface area contributed by atoms with Gasteiger partial charge in [0.15, 0.2) is 0 Å². The minimum absolute atomic E-state index is 0.0779. The molecule has 0 saturated carbocycles. The number of fused-ring (bicyclic) bond motifs is 1. The van der Waals surface area contributed by atoms with Crippen molar-refractivity contribution in [3.05, 3.63) is 36.4 Å². The van der Waals surface area contributed by atoms with Crippen molar-refractivity contribution in [3.8, 4) is 5.75 Å². The average molecular weight is 252 g/mol. The highest BCUT2D eigenvalue weighted by Gasteiger charge is 2.21. The van der Waals surface area contributed by atoms with Crippen molar-refractivity contribution >= 4 is 23.2 Å². The number of hydrogen-bond acceptors (Lipinski definition) is 2. The van der Waals surface area contributed by atoms with Gasteiger partial charge >= 0.3 is 0 Å². The first kappa shape index (κ1) is 12.0. The topological polar surface area (TPSA) is 29.5 Å². The maximum absolute atomic E-state index is 12.0. The number of nitrogens with zero attached hydrogens (tertiary/aromatic N) is 1. The van der Waals surface area contributed by atoms with Crippen molar-refractivity contribution in [2.75, 3.05) is 23.9 Å². The van der Waals surface area contributed by atoms with E-state index < -0.39 is 0 Å². The van der Waals surface area contributed by atoms with Gasteiger partial charge in [0.25, 0.3) is 0 Å². The van der Waals surface area contributed by atoms with Crippen LogP contribution in [0.1, 0.15) is 6.42 Å². The summed E-state index contributed by atoms with van der Waals surface area (Å²) in [5.74, 6) is 1.30. The number of amides is 1. The maximum atomic E-state index is 12.0. The van der Waals surface area contributed by atoms with Gasteiger partial charge in [-0.25, -0.2) is 0 Å². The van der Waals surface area contributed by atoms with E-state index in [4.69, 9.17) is 16.3 Å². The van der Waals surface area contributed by atoms with Crippen molar-refractivity contribution in [3.63, 3.8) is 0 Å². The number of alkyl halides is 1. The van der Waals surface area contributed by atoms with Crippen LogP contribution < -0.4 is 9.64 Å². The Morgan fingerprint density at radius 3 is 3.00 bits per heavy atom. The van der Waals surface area contributed by atoms with E-state index in [2.05, 4.69) is 0 Å². The lowest BCUT2D eigenvalue weighted by atomic mass is 10.2. The molecule has 0 spiro atoms. The van der Waals surface area contributed by atoms with Crippen LogP contribution in [0.2, 0.25) is 0 Å². The minimum Gasteiger partial charge on any atom is -0.491 e. The van der Waals surface area contributed by atoms with Gasteiger partial charge in [-0.1, -0.05) is 24.3 Å². The summed E-state index contributed by atoms with van der Waals surface area (Å²) in [5.41, 5.74) is 0.828. The highest BCUT2D eigenvalue weighted by atomic mass is 35.5. The third kappa shape index (κ3) is 2.80. The van der Waals surface area contributed by atoms with E-state index >= 15 is 0 Å². The van der Waals surface area contributed by atoms with Gasteiger partial charge in [0.2, 0.25) is 5.91 Å². The van der Waals surface area contributed by atoms with Gasteiger partial charge < -0.3 is 9.64 Å². The van der Waals surface area contributed by atoms with Crippen LogP contribution in [0.3, 0.4) is 0 Å². The van der Waals surface area contributed by atoms with Crippen LogP contribution >= 0.6 is 11.6 Å². The summed E-state index contributed by atoms with van der Waals surface area (Å²) >= 11 is 5.57. The molecule has 0 radical (unpaired) electrons. The van der Waals surface area contributed by atoms with E-state index in [9.17, 15) is 4.79 Å². The summed E-state index contributed by atoms with van der Waals surface area (Å²) in [5, 5.41) is 0. The lowest BCUT2D eigenvalue weighted by Crippen LogP contribution is -2.30. The third-order valence-corrected chi connectivity index (χ3v) is 2.75. The number of benzene rings is 1. The summed E-state index contributed by atoms with van der Waals surface area (Å²) < 4.78 is 5.54. The fourth-order valence-electron chi connectivity index (χ4n) is 1.76. The highest BCUT2D eigenvalue weighted by molar-refractivity contribution is 6.18. The number of para-hydroxylation sites is 2. The number of hydrogen-bond donors (Lipinski definition) is 0. The number of halogens is 1. The minimum atomic E-state index is 0.0779. The van der Waals surface area contributed by atoms with E-state index in [1.165, 1.54) is 0 Å². The number of anilines is 1. The van der Waals surface area contributed by atoms with Crippen molar-refractivity contribution in [2.45, 2.75) is 6.42 Å². The lowest BCUT2D eigenvalue weighted by Gasteiger charge is -2.19. The number of allylic oxidation sites excluding steroid dienone is 1. The number of carbonyl (C=O) groups excluding carboxylic acids is 1. The molecule has 0 N–H and O–H groups in total. The zero-order valence-corrected chi connectivity index (χ0v) is 10.2. The van der Waals surface area contributed by atoms with Crippen molar-refractivity contribution in [2.24, 2.45) is 0 Å². The molecule has 0 atom stereocenters. The van der Waals surface area contributed by atoms with E-state index in [0.717, 1.165) is 11.4 Å². The van der Waals surface area contributed by atoms with Crippen LogP contribution in [0.15, 0.2) is 36.4 Å². The molecule has 0 bridgehead atoms. The van der Waals surface area contributed by atoms with Crippen LogP contribution in [-0.2, 0) is 4.79 Å². The molecule has 17 heavy (non-hydrogen) atoms. The SMILES string of the molecule is O=C1CCOc2ccccc2N1C/C=C/CCl. The Morgan fingerprint density at radius 1 is 1.35 bits per heavy atom. The Hall–Kier alpha value is -1.48. The molecule has 90 valence electrons. The molecule has 1 aliphatic heterocycles. The number of ether oxygens (including phenoxy) is 1. The summed E-state index contributed by atoms with van der Waals surface area (Å²) in [6, 6.07) is 7.58. The normalized spacial score (nSPS) is 15.6. The molecule has 2 rings (SSSR count). The molecule has 1 heterocycles. The smallest absolute Gasteiger partial charge is 0.230 e. The van der Waals surface area contributed by atoms with E-state index in [1.54, 1.807) is 4.90 Å². The lowest BCUT2D eigenvalue weighted by molar-refractivity contribution is -0.118. The second kappa shape index (κ2) is 5.73. The predicted octanol–water partition coefficient (Wildman–Crippen LogP) is 2.60. The molecule has 0 fully saturated rings. The van der Waals surface area contributed by atoms with Gasteiger partial charge in [0, 0.05) is 12.4 Å². The van der Waals surface area contributed by atoms with Crippen molar-refractivity contribution < 1.29 is 9.53 Å². The second-order valence-electron chi connectivity index (χ2n) is 3.70. The van der Waals surface area contributed by atoms with Crippen molar-refractivity contribution in [1.29, 1.82) is 0 Å². The van der Waals surface area contributed by atoms with E-state index in [0.29, 0.717) is 25.5 Å². The van der Waals surface area contributed by atoms with Crippen LogP contribution in [-0.4, -0.2) is 24.9 Å². The van der Waals surface area contributed by atoms with Gasteiger partial charge in [-0.2, -0.15) is 0 Å². The zero-order valence-electron chi connectivity index (χ0n) is 9.43. The van der Waals surface area contributed by atoms with Crippen LogP contribution in [0.4, 0.5) is 5.69 Å². The van der Waals surface area contributed by atoms with Crippen molar-refractivity contribution in [1.82, 2.24) is 0 Å². The monoisotopic (exact) mass is 251 g/mol. The number of carbonyl (C=O) groups is 1. The summed E-state index contributed by atoms with van der Waals surface area (Å²) in [6.07, 6.45) is 4.14. The zero-order chi connectivity index (χ0) is 12.1. The molecule has 0 saturated heterocycles. The molecule has 3 nitrogen and oxygen atoms in total. The quantitative estimate of drug-likeness (QED) is 0.611. The van der Waals surface area contributed by atoms with E-state index in [-0.39, 0.29) is 5.91 Å². The number of rotatable bonds is 3. The first-order valence-electron chi connectivity index (χ1n) is 5.56. The first-order chi connectivity index (χ1) is 8.33. The fraction of sp³-hybridized carbons (Fsp3) is 0.308. The summed E-state index contributed by atoms with van der Waals surface area (Å²) in [4.78, 5) is 13.7. The largest absolute Gasteiger partial charge is 0.491 e. The van der Waals surface area contributed by atoms with Gasteiger partial charge in [0.1, 0.15) is 5.75 Å². The molecular formula is C13H14ClNO2. The summed E-state index contributed by atoms with van der Waals surface area (Å²) in [6.45, 7) is 0.970. The van der Waals surface area contributed by atoms with Crippen LogP contribution in [0.25, 0.3) is 0 Å². The third-order valence-electron chi connectivity index (χ3n) is 2.57. The Labute approximate surface area is 106 Å². The Morgan fingerprint density at radius 2 is 2.18 bits per heavy atom. The molecule has 1 amide bonds. The molecule has 0 aliphatic carbocycles. The van der Waals surface area contributed by atoms with Crippen LogP contribution in [0.5, 0.6) is 5.75 Å². The standard InChI is InChI=1S/C13H14ClNO2/c14-8-3-4-9-15-11-5-1-2-6-12(11)17-10-7-13(15)16/h1-6H,7-10H2/b4-3+. The van der Waals surface area contributed by atoms with Crippen LogP contribution in [0, 0.1) is 0 Å². The summed E-state index contributed by atoms with van der Waals surface area (Å²) in [7, 11) is 0. The first-order valence-corrected chi connectivity index (χ1v) is 6.09. The predicted molar refractivity (Wildman–Crippen MR) is 68.8 cm³/mol. The second-order valence-corrected chi connectivity index (χ2v) is 4.00. The molecular weight excluding hydrogens is 238 g/mol. The average Bonchev–Trinajstić information content (AvgIpc) is 2.50. The molecule has 0 aromatic heterocycles. The molecule has 1 aromatic rings. The highest BCUT2D eigenvalue weighted by Crippen LogP contribution is 2.30. The van der Waals surface area contributed by atoms with Gasteiger partial charge in [-0.15, -0.1) is 11.6 Å². The molecule has 0 unspecified atom stereocenters. The van der Waals surface area contributed by atoms with Gasteiger partial charge in [-0.3, -0.25) is 4.79 Å². The molecule has 4 heteroatoms.